The molecule has 1 aromatic rings. The highest BCUT2D eigenvalue weighted by molar-refractivity contribution is 7.92. The summed E-state index contributed by atoms with van der Waals surface area (Å²) >= 11 is 0. The molecule has 2 rings (SSSR count). The first-order valence-electron chi connectivity index (χ1n) is 6.25. The summed E-state index contributed by atoms with van der Waals surface area (Å²) in [7, 11) is -3.04. The van der Waals surface area contributed by atoms with Gasteiger partial charge in [0.15, 0.2) is 9.84 Å². The van der Waals surface area contributed by atoms with Gasteiger partial charge in [0.05, 0.1) is 4.75 Å². The van der Waals surface area contributed by atoms with Crippen LogP contribution in [-0.2, 0) is 16.3 Å². The summed E-state index contributed by atoms with van der Waals surface area (Å²) in [6.07, 6.45) is 2.33. The molecule has 0 fully saturated rings. The van der Waals surface area contributed by atoms with E-state index in [2.05, 4.69) is 30.0 Å². The zero-order valence-corrected chi connectivity index (χ0v) is 12.3. The van der Waals surface area contributed by atoms with Crippen molar-refractivity contribution in [1.29, 1.82) is 0 Å². The molecule has 100 valence electrons. The van der Waals surface area contributed by atoms with E-state index in [1.54, 1.807) is 13.8 Å². The van der Waals surface area contributed by atoms with Gasteiger partial charge in [-0.3, -0.25) is 0 Å². The molecule has 0 amide bonds. The van der Waals surface area contributed by atoms with Crippen LogP contribution in [0.1, 0.15) is 25.0 Å². The molecule has 4 heteroatoms. The molecular weight excluding hydrogens is 246 g/mol. The highest BCUT2D eigenvalue weighted by Crippen LogP contribution is 2.31. The molecule has 0 saturated heterocycles. The van der Waals surface area contributed by atoms with Gasteiger partial charge in [-0.25, -0.2) is 8.42 Å². The lowest BCUT2D eigenvalue weighted by Crippen LogP contribution is -2.43. The minimum Gasteiger partial charge on any atom is -0.369 e. The van der Waals surface area contributed by atoms with Gasteiger partial charge in [-0.15, -0.1) is 0 Å². The maximum Gasteiger partial charge on any atom is 0.154 e. The van der Waals surface area contributed by atoms with Crippen molar-refractivity contribution >= 4 is 15.5 Å². The number of hydrogen-bond acceptors (Lipinski definition) is 3. The van der Waals surface area contributed by atoms with Gasteiger partial charge in [0.1, 0.15) is 0 Å². The maximum atomic E-state index is 11.8. The SMILES string of the molecule is Cc1ccc2c(c1)N(CC(C)(C)S(C)(=O)=O)CC2. The second-order valence-corrected chi connectivity index (χ2v) is 8.49. The van der Waals surface area contributed by atoms with E-state index in [0.29, 0.717) is 6.54 Å². The summed E-state index contributed by atoms with van der Waals surface area (Å²) in [5, 5.41) is 0. The largest absolute Gasteiger partial charge is 0.369 e. The Morgan fingerprint density at radius 1 is 1.33 bits per heavy atom. The number of rotatable bonds is 3. The molecular formula is C14H21NO2S. The van der Waals surface area contributed by atoms with Crippen molar-refractivity contribution in [2.75, 3.05) is 24.2 Å². The molecule has 0 bridgehead atoms. The molecule has 0 aliphatic carbocycles. The summed E-state index contributed by atoms with van der Waals surface area (Å²) in [6, 6.07) is 6.42. The molecule has 1 aliphatic rings. The van der Waals surface area contributed by atoms with Crippen molar-refractivity contribution in [3.05, 3.63) is 29.3 Å². The third kappa shape index (κ3) is 2.39. The number of anilines is 1. The molecule has 0 N–H and O–H groups in total. The van der Waals surface area contributed by atoms with Gasteiger partial charge in [-0.05, 0) is 44.4 Å². The number of nitrogens with zero attached hydrogens (tertiary/aromatic N) is 1. The zero-order valence-electron chi connectivity index (χ0n) is 11.5. The molecule has 0 spiro atoms. The van der Waals surface area contributed by atoms with E-state index in [4.69, 9.17) is 0 Å². The lowest BCUT2D eigenvalue weighted by Gasteiger charge is -2.30. The van der Waals surface area contributed by atoms with Crippen LogP contribution in [0.5, 0.6) is 0 Å². The molecule has 1 aliphatic heterocycles. The first kappa shape index (κ1) is 13.4. The summed E-state index contributed by atoms with van der Waals surface area (Å²) in [5.74, 6) is 0. The first-order chi connectivity index (χ1) is 8.21. The summed E-state index contributed by atoms with van der Waals surface area (Å²) < 4.78 is 22.9. The lowest BCUT2D eigenvalue weighted by molar-refractivity contribution is 0.547. The van der Waals surface area contributed by atoms with Crippen molar-refractivity contribution in [1.82, 2.24) is 0 Å². The molecule has 1 aromatic carbocycles. The smallest absolute Gasteiger partial charge is 0.154 e. The second kappa shape index (κ2) is 4.26. The molecule has 0 aromatic heterocycles. The van der Waals surface area contributed by atoms with E-state index in [9.17, 15) is 8.42 Å². The number of aryl methyl sites for hydroxylation is 1. The van der Waals surface area contributed by atoms with Crippen LogP contribution in [0, 0.1) is 6.92 Å². The maximum absolute atomic E-state index is 11.8. The third-order valence-electron chi connectivity index (χ3n) is 3.81. The van der Waals surface area contributed by atoms with Crippen molar-refractivity contribution in [2.24, 2.45) is 0 Å². The number of sulfone groups is 1. The van der Waals surface area contributed by atoms with Crippen LogP contribution >= 0.6 is 0 Å². The topological polar surface area (TPSA) is 37.4 Å². The molecule has 18 heavy (non-hydrogen) atoms. The van der Waals surface area contributed by atoms with Gasteiger partial charge >= 0.3 is 0 Å². The minimum absolute atomic E-state index is 0.558. The number of benzene rings is 1. The van der Waals surface area contributed by atoms with Crippen LogP contribution < -0.4 is 4.90 Å². The van der Waals surface area contributed by atoms with Crippen LogP contribution in [0.15, 0.2) is 18.2 Å². The van der Waals surface area contributed by atoms with Crippen molar-refractivity contribution in [3.63, 3.8) is 0 Å². The molecule has 0 radical (unpaired) electrons. The highest BCUT2D eigenvalue weighted by atomic mass is 32.2. The summed E-state index contributed by atoms with van der Waals surface area (Å²) in [4.78, 5) is 2.20. The molecule has 0 atom stereocenters. The van der Waals surface area contributed by atoms with E-state index in [1.165, 1.54) is 23.1 Å². The quantitative estimate of drug-likeness (QED) is 0.842. The predicted molar refractivity (Wildman–Crippen MR) is 76.0 cm³/mol. The lowest BCUT2D eigenvalue weighted by atomic mass is 10.1. The van der Waals surface area contributed by atoms with E-state index in [0.717, 1.165) is 13.0 Å². The Bertz CT molecular complexity index is 561. The van der Waals surface area contributed by atoms with Crippen molar-refractivity contribution < 1.29 is 8.42 Å². The highest BCUT2D eigenvalue weighted by Gasteiger charge is 2.34. The Morgan fingerprint density at radius 2 is 2.00 bits per heavy atom. The Labute approximate surface area is 110 Å². The Morgan fingerprint density at radius 3 is 2.61 bits per heavy atom. The van der Waals surface area contributed by atoms with Gasteiger partial charge in [-0.1, -0.05) is 12.1 Å². The Kier molecular flexibility index (Phi) is 3.18. The normalized spacial score (nSPS) is 15.9. The standard InChI is InChI=1S/C14H21NO2S/c1-11-5-6-12-7-8-15(13(12)9-11)10-14(2,3)18(4,16)17/h5-6,9H,7-8,10H2,1-4H3. The van der Waals surface area contributed by atoms with Crippen molar-refractivity contribution in [2.45, 2.75) is 31.9 Å². The Balaban J connectivity index is 2.28. The Hall–Kier alpha value is -1.03. The van der Waals surface area contributed by atoms with Gasteiger partial charge in [0, 0.05) is 25.0 Å². The van der Waals surface area contributed by atoms with Gasteiger partial charge in [0.2, 0.25) is 0 Å². The fraction of sp³-hybridized carbons (Fsp3) is 0.571. The van der Waals surface area contributed by atoms with Crippen LogP contribution in [-0.4, -0.2) is 32.5 Å². The van der Waals surface area contributed by atoms with E-state index in [-0.39, 0.29) is 0 Å². The predicted octanol–water partition coefficient (Wildman–Crippen LogP) is 2.18. The third-order valence-corrected chi connectivity index (χ3v) is 5.94. The molecule has 3 nitrogen and oxygen atoms in total. The van der Waals surface area contributed by atoms with Crippen LogP contribution in [0.25, 0.3) is 0 Å². The number of hydrogen-bond donors (Lipinski definition) is 0. The number of fused-ring (bicyclic) bond motifs is 1. The average Bonchev–Trinajstić information content (AvgIpc) is 2.59. The van der Waals surface area contributed by atoms with Crippen molar-refractivity contribution in [3.8, 4) is 0 Å². The van der Waals surface area contributed by atoms with E-state index >= 15 is 0 Å². The summed E-state index contributed by atoms with van der Waals surface area (Å²) in [5.41, 5.74) is 3.74. The zero-order chi connectivity index (χ0) is 13.6. The summed E-state index contributed by atoms with van der Waals surface area (Å²) in [6.45, 7) is 7.14. The molecule has 0 unspecified atom stereocenters. The molecule has 1 heterocycles. The van der Waals surface area contributed by atoms with Crippen LogP contribution in [0.2, 0.25) is 0 Å². The monoisotopic (exact) mass is 267 g/mol. The minimum atomic E-state index is -3.04. The fourth-order valence-electron chi connectivity index (χ4n) is 2.30. The van der Waals surface area contributed by atoms with Crippen LogP contribution in [0.4, 0.5) is 5.69 Å². The van der Waals surface area contributed by atoms with E-state index < -0.39 is 14.6 Å². The van der Waals surface area contributed by atoms with E-state index in [1.807, 2.05) is 0 Å². The van der Waals surface area contributed by atoms with Gasteiger partial charge in [0.25, 0.3) is 0 Å². The second-order valence-electron chi connectivity index (χ2n) is 5.84. The first-order valence-corrected chi connectivity index (χ1v) is 8.14. The van der Waals surface area contributed by atoms with Crippen LogP contribution in [0.3, 0.4) is 0 Å². The van der Waals surface area contributed by atoms with Gasteiger partial charge < -0.3 is 4.90 Å². The molecule has 0 saturated carbocycles. The average molecular weight is 267 g/mol. The fourth-order valence-corrected chi connectivity index (χ4v) is 2.69. The van der Waals surface area contributed by atoms with Gasteiger partial charge in [-0.2, -0.15) is 0 Å².